The second-order valence-corrected chi connectivity index (χ2v) is 6.50. The number of rotatable bonds is 5. The number of benzene rings is 3. The van der Waals surface area contributed by atoms with Gasteiger partial charge in [0.25, 0.3) is 5.91 Å². The van der Waals surface area contributed by atoms with Gasteiger partial charge < -0.3 is 19.5 Å². The van der Waals surface area contributed by atoms with E-state index in [0.717, 1.165) is 16.3 Å². The summed E-state index contributed by atoms with van der Waals surface area (Å²) < 4.78 is 15.9. The Morgan fingerprint density at radius 3 is 2.71 bits per heavy atom. The summed E-state index contributed by atoms with van der Waals surface area (Å²) in [6.45, 7) is 1.71. The van der Waals surface area contributed by atoms with Gasteiger partial charge in [-0.1, -0.05) is 42.5 Å². The van der Waals surface area contributed by atoms with E-state index < -0.39 is 18.0 Å². The lowest BCUT2D eigenvalue weighted by Crippen LogP contribution is -2.30. The first-order valence-electron chi connectivity index (χ1n) is 8.97. The zero-order valence-corrected chi connectivity index (χ0v) is 15.3. The van der Waals surface area contributed by atoms with Crippen molar-refractivity contribution in [1.82, 2.24) is 0 Å². The molecule has 1 N–H and O–H groups in total. The van der Waals surface area contributed by atoms with Gasteiger partial charge in [0.2, 0.25) is 6.79 Å². The van der Waals surface area contributed by atoms with Crippen LogP contribution in [0.3, 0.4) is 0 Å². The molecule has 142 valence electrons. The Hall–Kier alpha value is -3.54. The van der Waals surface area contributed by atoms with Crippen LogP contribution >= 0.6 is 0 Å². The first kappa shape index (κ1) is 17.9. The molecule has 3 aromatic carbocycles. The van der Waals surface area contributed by atoms with Crippen LogP contribution in [0.4, 0.5) is 5.69 Å². The fourth-order valence-electron chi connectivity index (χ4n) is 3.11. The number of ether oxygens (including phenoxy) is 3. The van der Waals surface area contributed by atoms with Gasteiger partial charge in [-0.25, -0.2) is 0 Å². The first-order chi connectivity index (χ1) is 13.6. The number of hydrogen-bond donors (Lipinski definition) is 1. The van der Waals surface area contributed by atoms with Crippen LogP contribution < -0.4 is 14.8 Å². The number of carbonyl (C=O) groups excluding carboxylic acids is 2. The van der Waals surface area contributed by atoms with Crippen molar-refractivity contribution < 1.29 is 23.8 Å². The van der Waals surface area contributed by atoms with Gasteiger partial charge >= 0.3 is 5.97 Å². The fraction of sp³-hybridized carbons (Fsp3) is 0.182. The zero-order valence-electron chi connectivity index (χ0n) is 15.3. The maximum absolute atomic E-state index is 12.4. The third-order valence-corrected chi connectivity index (χ3v) is 4.53. The van der Waals surface area contributed by atoms with Crippen LogP contribution in [0.25, 0.3) is 10.8 Å². The molecule has 1 aliphatic heterocycles. The molecule has 0 saturated heterocycles. The molecule has 3 aromatic rings. The van der Waals surface area contributed by atoms with Gasteiger partial charge in [0.05, 0.1) is 6.42 Å². The largest absolute Gasteiger partial charge is 0.454 e. The smallest absolute Gasteiger partial charge is 0.311 e. The van der Waals surface area contributed by atoms with E-state index in [1.807, 2.05) is 42.5 Å². The zero-order chi connectivity index (χ0) is 19.5. The predicted molar refractivity (Wildman–Crippen MR) is 104 cm³/mol. The normalized spacial score (nSPS) is 13.2. The van der Waals surface area contributed by atoms with E-state index >= 15 is 0 Å². The molecule has 0 saturated carbocycles. The summed E-state index contributed by atoms with van der Waals surface area (Å²) in [5.74, 6) is 0.334. The minimum Gasteiger partial charge on any atom is -0.454 e. The molecule has 1 atom stereocenters. The minimum atomic E-state index is -0.923. The van der Waals surface area contributed by atoms with Crippen molar-refractivity contribution in [1.29, 1.82) is 0 Å². The second kappa shape index (κ2) is 7.60. The first-order valence-corrected chi connectivity index (χ1v) is 8.97. The highest BCUT2D eigenvalue weighted by atomic mass is 16.7. The van der Waals surface area contributed by atoms with E-state index in [1.165, 1.54) is 0 Å². The summed E-state index contributed by atoms with van der Waals surface area (Å²) >= 11 is 0. The average Bonchev–Trinajstić information content (AvgIpc) is 3.16. The highest BCUT2D eigenvalue weighted by molar-refractivity contribution is 5.96. The molecule has 0 aliphatic carbocycles. The number of nitrogens with one attached hydrogen (secondary N) is 1. The molecule has 6 nitrogen and oxygen atoms in total. The minimum absolute atomic E-state index is 0.100. The molecule has 28 heavy (non-hydrogen) atoms. The number of anilines is 1. The Balaban J connectivity index is 1.38. The Morgan fingerprint density at radius 2 is 1.82 bits per heavy atom. The Kier molecular flexibility index (Phi) is 4.85. The summed E-state index contributed by atoms with van der Waals surface area (Å²) in [6, 6.07) is 18.7. The van der Waals surface area contributed by atoms with E-state index in [1.54, 1.807) is 25.1 Å². The van der Waals surface area contributed by atoms with Crippen LogP contribution in [-0.2, 0) is 20.7 Å². The van der Waals surface area contributed by atoms with Gasteiger partial charge in [0.1, 0.15) is 0 Å². The van der Waals surface area contributed by atoms with Crippen LogP contribution in [0.15, 0.2) is 60.7 Å². The lowest BCUT2D eigenvalue weighted by atomic mass is 10.0. The summed E-state index contributed by atoms with van der Waals surface area (Å²) in [7, 11) is 0. The lowest BCUT2D eigenvalue weighted by molar-refractivity contribution is -0.152. The molecule has 0 unspecified atom stereocenters. The van der Waals surface area contributed by atoms with Gasteiger partial charge in [-0.3, -0.25) is 9.59 Å². The quantitative estimate of drug-likeness (QED) is 0.687. The van der Waals surface area contributed by atoms with Crippen molar-refractivity contribution in [3.8, 4) is 11.5 Å². The average molecular weight is 377 g/mol. The topological polar surface area (TPSA) is 73.9 Å². The van der Waals surface area contributed by atoms with E-state index in [-0.39, 0.29) is 13.2 Å². The maximum atomic E-state index is 12.4. The summed E-state index contributed by atoms with van der Waals surface area (Å²) in [5, 5.41) is 4.77. The Labute approximate surface area is 162 Å². The highest BCUT2D eigenvalue weighted by Gasteiger charge is 2.20. The van der Waals surface area contributed by atoms with Crippen LogP contribution in [0.2, 0.25) is 0 Å². The molecular weight excluding hydrogens is 358 g/mol. The number of esters is 1. The van der Waals surface area contributed by atoms with Crippen LogP contribution in [0, 0.1) is 0 Å². The van der Waals surface area contributed by atoms with E-state index in [0.29, 0.717) is 17.2 Å². The third kappa shape index (κ3) is 3.76. The second-order valence-electron chi connectivity index (χ2n) is 6.50. The van der Waals surface area contributed by atoms with Crippen LogP contribution in [0.5, 0.6) is 11.5 Å². The molecule has 1 aliphatic rings. The Bertz CT molecular complexity index is 1040. The van der Waals surface area contributed by atoms with E-state index in [9.17, 15) is 9.59 Å². The molecule has 6 heteroatoms. The maximum Gasteiger partial charge on any atom is 0.311 e. The monoisotopic (exact) mass is 377 g/mol. The lowest BCUT2D eigenvalue weighted by Gasteiger charge is -2.14. The standard InChI is InChI=1S/C22H19NO5/c1-14(22(25)23-17-9-10-19-20(12-17)27-13-26-19)28-21(24)11-16-7-4-6-15-5-2-3-8-18(15)16/h2-10,12,14H,11,13H2,1H3,(H,23,25)/t14-/m1/s1. The van der Waals surface area contributed by atoms with Crippen molar-refractivity contribution in [3.63, 3.8) is 0 Å². The molecule has 0 radical (unpaired) electrons. The van der Waals surface area contributed by atoms with Crippen molar-refractivity contribution >= 4 is 28.3 Å². The summed E-state index contributed by atoms with van der Waals surface area (Å²) in [4.78, 5) is 24.7. The molecule has 0 fully saturated rings. The van der Waals surface area contributed by atoms with E-state index in [2.05, 4.69) is 5.32 Å². The third-order valence-electron chi connectivity index (χ3n) is 4.53. The van der Waals surface area contributed by atoms with Gasteiger partial charge in [0, 0.05) is 11.8 Å². The molecule has 1 amide bonds. The SMILES string of the molecule is C[C@@H](OC(=O)Cc1cccc2ccccc12)C(=O)Nc1ccc2c(c1)OCO2. The molecular formula is C22H19NO5. The summed E-state index contributed by atoms with van der Waals surface area (Å²) in [5.41, 5.74) is 1.41. The summed E-state index contributed by atoms with van der Waals surface area (Å²) in [6.07, 6.45) is -0.823. The number of amides is 1. The number of carbonyl (C=O) groups is 2. The molecule has 0 spiro atoms. The van der Waals surface area contributed by atoms with Gasteiger partial charge in [-0.05, 0) is 35.4 Å². The van der Waals surface area contributed by atoms with Gasteiger partial charge in [-0.15, -0.1) is 0 Å². The van der Waals surface area contributed by atoms with E-state index in [4.69, 9.17) is 14.2 Å². The predicted octanol–water partition coefficient (Wildman–Crippen LogP) is 3.68. The molecule has 4 rings (SSSR count). The van der Waals surface area contributed by atoms with Crippen molar-refractivity contribution in [2.45, 2.75) is 19.4 Å². The fourth-order valence-corrected chi connectivity index (χ4v) is 3.11. The van der Waals surface area contributed by atoms with Crippen molar-refractivity contribution in [2.24, 2.45) is 0 Å². The molecule has 0 aromatic heterocycles. The van der Waals surface area contributed by atoms with Crippen molar-refractivity contribution in [3.05, 3.63) is 66.2 Å². The van der Waals surface area contributed by atoms with Crippen LogP contribution in [0.1, 0.15) is 12.5 Å². The number of fused-ring (bicyclic) bond motifs is 2. The van der Waals surface area contributed by atoms with Crippen molar-refractivity contribution in [2.75, 3.05) is 12.1 Å². The molecule has 0 bridgehead atoms. The molecule has 1 heterocycles. The van der Waals surface area contributed by atoms with Gasteiger partial charge in [0.15, 0.2) is 17.6 Å². The highest BCUT2D eigenvalue weighted by Crippen LogP contribution is 2.34. The number of hydrogen-bond acceptors (Lipinski definition) is 5. The van der Waals surface area contributed by atoms with Crippen LogP contribution in [-0.4, -0.2) is 24.8 Å². The van der Waals surface area contributed by atoms with Gasteiger partial charge in [-0.2, -0.15) is 0 Å². The Morgan fingerprint density at radius 1 is 1.04 bits per heavy atom.